The van der Waals surface area contributed by atoms with Crippen LogP contribution in [0.3, 0.4) is 0 Å². The maximum Gasteiger partial charge on any atom is 0.0815 e. The van der Waals surface area contributed by atoms with Crippen LogP contribution in [0.25, 0.3) is 10.2 Å². The number of benzene rings is 2. The monoisotopic (exact) mass is 354 g/mol. The summed E-state index contributed by atoms with van der Waals surface area (Å²) >= 11 is 3.55. The summed E-state index contributed by atoms with van der Waals surface area (Å²) in [7, 11) is 0. The molecule has 1 aromatic heterocycles. The van der Waals surface area contributed by atoms with E-state index in [2.05, 4.69) is 59.5 Å². The van der Waals surface area contributed by atoms with Gasteiger partial charge in [-0.2, -0.15) is 0 Å². The van der Waals surface area contributed by atoms with Crippen molar-refractivity contribution in [3.63, 3.8) is 0 Å². The smallest absolute Gasteiger partial charge is 0.0815 e. The van der Waals surface area contributed by atoms with E-state index in [1.165, 1.54) is 26.3 Å². The van der Waals surface area contributed by atoms with E-state index in [9.17, 15) is 0 Å². The molecular formula is C20H22N2S2. The van der Waals surface area contributed by atoms with Gasteiger partial charge in [0.25, 0.3) is 0 Å². The van der Waals surface area contributed by atoms with Gasteiger partial charge >= 0.3 is 0 Å². The van der Waals surface area contributed by atoms with E-state index in [1.54, 1.807) is 11.3 Å². The molecule has 0 fully saturated rings. The molecule has 1 aliphatic rings. The van der Waals surface area contributed by atoms with Crippen molar-refractivity contribution in [2.24, 2.45) is 0 Å². The zero-order chi connectivity index (χ0) is 16.5. The summed E-state index contributed by atoms with van der Waals surface area (Å²) in [6, 6.07) is 14.2. The number of thioether (sulfide) groups is 1. The van der Waals surface area contributed by atoms with Crippen LogP contribution in [0.2, 0.25) is 0 Å². The van der Waals surface area contributed by atoms with Gasteiger partial charge < -0.3 is 0 Å². The number of nitrogens with zero attached hydrogens (tertiary/aromatic N) is 2. The number of hydrogen-bond donors (Lipinski definition) is 0. The highest BCUT2D eigenvalue weighted by Crippen LogP contribution is 2.29. The average molecular weight is 355 g/mol. The van der Waals surface area contributed by atoms with E-state index in [0.717, 1.165) is 31.4 Å². The molecule has 2 nitrogen and oxygen atoms in total. The van der Waals surface area contributed by atoms with E-state index >= 15 is 0 Å². The van der Waals surface area contributed by atoms with Crippen LogP contribution in [0.1, 0.15) is 29.7 Å². The second-order valence-electron chi connectivity index (χ2n) is 6.43. The Morgan fingerprint density at radius 1 is 1.08 bits per heavy atom. The van der Waals surface area contributed by atoms with Crippen molar-refractivity contribution < 1.29 is 0 Å². The van der Waals surface area contributed by atoms with Crippen molar-refractivity contribution in [1.82, 2.24) is 9.88 Å². The van der Waals surface area contributed by atoms with Gasteiger partial charge in [0.05, 0.1) is 15.7 Å². The maximum atomic E-state index is 4.47. The third-order valence-electron chi connectivity index (χ3n) is 5.13. The van der Waals surface area contributed by atoms with Gasteiger partial charge in [0.15, 0.2) is 0 Å². The van der Waals surface area contributed by atoms with E-state index in [4.69, 9.17) is 0 Å². The van der Waals surface area contributed by atoms with Crippen molar-refractivity contribution in [1.29, 1.82) is 0 Å². The van der Waals surface area contributed by atoms with Crippen LogP contribution in [0, 0.1) is 0 Å². The molecule has 0 spiro atoms. The fraction of sp³-hybridized carbons (Fsp3) is 0.350. The Balaban J connectivity index is 1.54. The van der Waals surface area contributed by atoms with Crippen molar-refractivity contribution >= 4 is 33.3 Å². The number of rotatable bonds is 3. The first-order valence-corrected chi connectivity index (χ1v) is 10.6. The molecule has 4 heteroatoms. The molecule has 3 aromatic rings. The molecule has 0 aliphatic carbocycles. The zero-order valence-corrected chi connectivity index (χ0v) is 15.8. The minimum absolute atomic E-state index is 0.436. The van der Waals surface area contributed by atoms with E-state index in [1.807, 2.05) is 17.3 Å². The van der Waals surface area contributed by atoms with Gasteiger partial charge in [0, 0.05) is 24.0 Å². The molecular weight excluding hydrogens is 332 g/mol. The van der Waals surface area contributed by atoms with Gasteiger partial charge in [-0.3, -0.25) is 4.90 Å². The van der Waals surface area contributed by atoms with Crippen LogP contribution in [0.4, 0.5) is 0 Å². The predicted octanol–water partition coefficient (Wildman–Crippen LogP) is 5.18. The number of thiazole rings is 1. The summed E-state index contributed by atoms with van der Waals surface area (Å²) in [6.07, 6.45) is 4.45. The number of fused-ring (bicyclic) bond motifs is 2. The summed E-state index contributed by atoms with van der Waals surface area (Å²) in [4.78, 5) is 8.47. The molecule has 4 rings (SSSR count). The SMILES string of the molecule is CSc1ccc2c(c1)CCN([C@H](C)c1ccc3scnc3c1)CC2. The Kier molecular flexibility index (Phi) is 4.61. The van der Waals surface area contributed by atoms with Gasteiger partial charge in [0.1, 0.15) is 0 Å². The third-order valence-corrected chi connectivity index (χ3v) is 6.67. The van der Waals surface area contributed by atoms with E-state index in [0.29, 0.717) is 6.04 Å². The van der Waals surface area contributed by atoms with Crippen molar-refractivity contribution in [2.75, 3.05) is 19.3 Å². The van der Waals surface area contributed by atoms with Gasteiger partial charge in [0.2, 0.25) is 0 Å². The van der Waals surface area contributed by atoms with E-state index in [-0.39, 0.29) is 0 Å². The molecule has 0 saturated carbocycles. The summed E-state index contributed by atoms with van der Waals surface area (Å²) in [6.45, 7) is 4.58. The van der Waals surface area contributed by atoms with Gasteiger partial charge in [-0.25, -0.2) is 4.98 Å². The lowest BCUT2D eigenvalue weighted by Crippen LogP contribution is -2.29. The normalized spacial score (nSPS) is 16.8. The first-order valence-electron chi connectivity index (χ1n) is 8.47. The molecule has 1 aliphatic heterocycles. The highest BCUT2D eigenvalue weighted by molar-refractivity contribution is 7.98. The Labute approximate surface area is 151 Å². The lowest BCUT2D eigenvalue weighted by molar-refractivity contribution is 0.221. The summed E-state index contributed by atoms with van der Waals surface area (Å²) in [5, 5.41) is 0. The fourth-order valence-corrected chi connectivity index (χ4v) is 4.70. The summed E-state index contributed by atoms with van der Waals surface area (Å²) in [5.41, 5.74) is 7.51. The average Bonchev–Trinajstić information content (AvgIpc) is 2.99. The van der Waals surface area contributed by atoms with E-state index < -0.39 is 0 Å². The molecule has 0 unspecified atom stereocenters. The minimum atomic E-state index is 0.436. The molecule has 0 radical (unpaired) electrons. The molecule has 0 bridgehead atoms. The molecule has 0 amide bonds. The largest absolute Gasteiger partial charge is 0.296 e. The fourth-order valence-electron chi connectivity index (χ4n) is 3.58. The predicted molar refractivity (Wildman–Crippen MR) is 105 cm³/mol. The Bertz CT molecular complexity index is 856. The van der Waals surface area contributed by atoms with Gasteiger partial charge in [-0.05, 0) is 67.0 Å². The topological polar surface area (TPSA) is 16.1 Å². The second-order valence-corrected chi connectivity index (χ2v) is 8.19. The lowest BCUT2D eigenvalue weighted by Gasteiger charge is -2.28. The molecule has 1 atom stereocenters. The van der Waals surface area contributed by atoms with Gasteiger partial charge in [-0.1, -0.05) is 12.1 Å². The highest BCUT2D eigenvalue weighted by Gasteiger charge is 2.20. The van der Waals surface area contributed by atoms with Crippen molar-refractivity contribution in [2.45, 2.75) is 30.7 Å². The molecule has 0 N–H and O–H groups in total. The summed E-state index contributed by atoms with van der Waals surface area (Å²) < 4.78 is 1.28. The first-order chi connectivity index (χ1) is 11.7. The van der Waals surface area contributed by atoms with Crippen LogP contribution in [0.5, 0.6) is 0 Å². The van der Waals surface area contributed by atoms with Crippen LogP contribution >= 0.6 is 23.1 Å². The second kappa shape index (κ2) is 6.87. The summed E-state index contributed by atoms with van der Waals surface area (Å²) in [5.74, 6) is 0. The minimum Gasteiger partial charge on any atom is -0.296 e. The van der Waals surface area contributed by atoms with Crippen molar-refractivity contribution in [3.05, 3.63) is 58.6 Å². The first kappa shape index (κ1) is 16.1. The quantitative estimate of drug-likeness (QED) is 0.603. The van der Waals surface area contributed by atoms with Crippen molar-refractivity contribution in [3.8, 4) is 0 Å². The lowest BCUT2D eigenvalue weighted by atomic mass is 10.0. The highest BCUT2D eigenvalue weighted by atomic mass is 32.2. The number of aromatic nitrogens is 1. The van der Waals surface area contributed by atoms with Crippen LogP contribution in [0.15, 0.2) is 46.8 Å². The number of hydrogen-bond acceptors (Lipinski definition) is 4. The van der Waals surface area contributed by atoms with Gasteiger partial charge in [-0.15, -0.1) is 23.1 Å². The zero-order valence-electron chi connectivity index (χ0n) is 14.2. The standard InChI is InChI=1S/C20H22N2S2/c1-14(16-4-6-20-19(12-16)21-13-24-20)22-9-7-15-3-5-18(23-2)11-17(15)8-10-22/h3-6,11-14H,7-10H2,1-2H3/t14-/m1/s1. The maximum absolute atomic E-state index is 4.47. The van der Waals surface area contributed by atoms with Crippen LogP contribution < -0.4 is 0 Å². The molecule has 2 aromatic carbocycles. The molecule has 24 heavy (non-hydrogen) atoms. The Hall–Kier alpha value is -1.36. The Morgan fingerprint density at radius 3 is 2.75 bits per heavy atom. The Morgan fingerprint density at radius 2 is 1.92 bits per heavy atom. The molecule has 124 valence electrons. The molecule has 0 saturated heterocycles. The van der Waals surface area contributed by atoms with Crippen LogP contribution in [-0.4, -0.2) is 29.2 Å². The third kappa shape index (κ3) is 3.10. The molecule has 2 heterocycles. The van der Waals surface area contributed by atoms with Crippen LogP contribution in [-0.2, 0) is 12.8 Å².